The van der Waals surface area contributed by atoms with Crippen LogP contribution in [0.4, 0.5) is 0 Å². The molecule has 5 aromatic rings. The minimum Gasteiger partial charge on any atom is -0.507 e. The van der Waals surface area contributed by atoms with Crippen molar-refractivity contribution in [2.24, 2.45) is 0 Å². The first-order valence-electron chi connectivity index (χ1n) is 9.38. The van der Waals surface area contributed by atoms with Crippen molar-refractivity contribution >= 4 is 21.5 Å². The van der Waals surface area contributed by atoms with Crippen LogP contribution in [0.5, 0.6) is 17.5 Å². The highest BCUT2D eigenvalue weighted by Gasteiger charge is 2.19. The summed E-state index contributed by atoms with van der Waals surface area (Å²) in [6.07, 6.45) is 0. The van der Waals surface area contributed by atoms with E-state index in [1.54, 1.807) is 6.07 Å². The van der Waals surface area contributed by atoms with Crippen LogP contribution in [0.15, 0.2) is 72.8 Å². The number of aromatic nitrogens is 3. The van der Waals surface area contributed by atoms with E-state index >= 15 is 0 Å². The van der Waals surface area contributed by atoms with Gasteiger partial charge in [0.15, 0.2) is 11.6 Å². The number of hydrogen-bond acceptors (Lipinski definition) is 6. The summed E-state index contributed by atoms with van der Waals surface area (Å²) in [5.41, 5.74) is 0.963. The van der Waals surface area contributed by atoms with Gasteiger partial charge in [0.2, 0.25) is 0 Å². The molecule has 0 radical (unpaired) electrons. The minimum absolute atomic E-state index is 0.0923. The molecule has 0 amide bonds. The Labute approximate surface area is 172 Å². The maximum absolute atomic E-state index is 10.3. The first kappa shape index (κ1) is 17.9. The van der Waals surface area contributed by atoms with Crippen LogP contribution >= 0.6 is 0 Å². The number of hydrogen-bond donors (Lipinski definition) is 2. The molecule has 1 heterocycles. The molecule has 0 saturated heterocycles. The third kappa shape index (κ3) is 2.86. The lowest BCUT2D eigenvalue weighted by atomic mass is 9.96. The van der Waals surface area contributed by atoms with Gasteiger partial charge in [-0.3, -0.25) is 0 Å². The van der Waals surface area contributed by atoms with Crippen LogP contribution in [-0.2, 0) is 0 Å². The maximum atomic E-state index is 10.3. The van der Waals surface area contributed by atoms with E-state index in [0.29, 0.717) is 5.82 Å². The van der Waals surface area contributed by atoms with Gasteiger partial charge in [-0.2, -0.15) is 9.97 Å². The number of phenols is 2. The molecule has 30 heavy (non-hydrogen) atoms. The SMILES string of the molecule is COc1nc(-c2c(O)cccc2O)nc(-c2c3ccccc3cc3ccccc23)n1. The van der Waals surface area contributed by atoms with E-state index in [-0.39, 0.29) is 28.9 Å². The molecule has 146 valence electrons. The topological polar surface area (TPSA) is 88.4 Å². The number of rotatable bonds is 3. The van der Waals surface area contributed by atoms with E-state index in [1.165, 1.54) is 19.2 Å². The average molecular weight is 395 g/mol. The van der Waals surface area contributed by atoms with Crippen LogP contribution in [0, 0.1) is 0 Å². The maximum Gasteiger partial charge on any atom is 0.320 e. The van der Waals surface area contributed by atoms with Gasteiger partial charge in [0.05, 0.1) is 7.11 Å². The second-order valence-electron chi connectivity index (χ2n) is 6.83. The Kier molecular flexibility index (Phi) is 4.17. The Morgan fingerprint density at radius 1 is 0.633 bits per heavy atom. The van der Waals surface area contributed by atoms with Crippen molar-refractivity contribution in [3.05, 3.63) is 72.8 Å². The van der Waals surface area contributed by atoms with Crippen molar-refractivity contribution in [3.63, 3.8) is 0 Å². The summed E-state index contributed by atoms with van der Waals surface area (Å²) in [6, 6.07) is 22.7. The number of benzene rings is 4. The summed E-state index contributed by atoms with van der Waals surface area (Å²) in [6.45, 7) is 0. The molecule has 0 unspecified atom stereocenters. The standard InChI is InChI=1S/C24H17N3O3/c1-30-24-26-22(25-23(27-24)21-18(28)11-6-12-19(21)29)20-16-9-4-2-7-14(16)13-15-8-3-5-10-17(15)20/h2-13,28-29H,1H3. The van der Waals surface area contributed by atoms with Crippen LogP contribution < -0.4 is 4.74 Å². The Morgan fingerprint density at radius 3 is 1.73 bits per heavy atom. The smallest absolute Gasteiger partial charge is 0.320 e. The molecular formula is C24H17N3O3. The Balaban J connectivity index is 1.88. The highest BCUT2D eigenvalue weighted by Crippen LogP contribution is 2.39. The summed E-state index contributed by atoms with van der Waals surface area (Å²) in [5, 5.41) is 24.7. The van der Waals surface area contributed by atoms with Crippen molar-refractivity contribution in [1.82, 2.24) is 15.0 Å². The van der Waals surface area contributed by atoms with Crippen LogP contribution in [-0.4, -0.2) is 32.3 Å². The predicted octanol–water partition coefficient (Wildman–Crippen LogP) is 4.93. The average Bonchev–Trinajstić information content (AvgIpc) is 2.77. The van der Waals surface area contributed by atoms with E-state index < -0.39 is 0 Å². The summed E-state index contributed by atoms with van der Waals surface area (Å²) in [5.74, 6) is 0.269. The van der Waals surface area contributed by atoms with Crippen molar-refractivity contribution in [3.8, 4) is 40.3 Å². The number of nitrogens with zero attached hydrogens (tertiary/aromatic N) is 3. The summed E-state index contributed by atoms with van der Waals surface area (Å²) in [7, 11) is 1.47. The van der Waals surface area contributed by atoms with Gasteiger partial charge in [0.1, 0.15) is 17.1 Å². The lowest BCUT2D eigenvalue weighted by Gasteiger charge is -2.13. The van der Waals surface area contributed by atoms with Crippen LogP contribution in [0.25, 0.3) is 44.3 Å². The fraction of sp³-hybridized carbons (Fsp3) is 0.0417. The molecule has 0 aliphatic heterocycles. The second kappa shape index (κ2) is 7.00. The lowest BCUT2D eigenvalue weighted by molar-refractivity contribution is 0.379. The summed E-state index contributed by atoms with van der Waals surface area (Å²) in [4.78, 5) is 13.4. The van der Waals surface area contributed by atoms with Gasteiger partial charge in [0, 0.05) is 5.56 Å². The zero-order valence-corrected chi connectivity index (χ0v) is 16.1. The summed E-state index contributed by atoms with van der Waals surface area (Å²) >= 11 is 0. The highest BCUT2D eigenvalue weighted by atomic mass is 16.5. The van der Waals surface area contributed by atoms with Crippen molar-refractivity contribution in [2.45, 2.75) is 0 Å². The Hall–Kier alpha value is -4.19. The summed E-state index contributed by atoms with van der Waals surface area (Å²) < 4.78 is 5.32. The van der Waals surface area contributed by atoms with Crippen molar-refractivity contribution < 1.29 is 14.9 Å². The van der Waals surface area contributed by atoms with Gasteiger partial charge in [-0.05, 0) is 39.7 Å². The molecule has 6 nitrogen and oxygen atoms in total. The van der Waals surface area contributed by atoms with E-state index in [0.717, 1.165) is 27.1 Å². The Bertz CT molecular complexity index is 1340. The van der Waals surface area contributed by atoms with Crippen LogP contribution in [0.3, 0.4) is 0 Å². The third-order valence-corrected chi connectivity index (χ3v) is 5.04. The van der Waals surface area contributed by atoms with Crippen LogP contribution in [0.1, 0.15) is 0 Å². The fourth-order valence-electron chi connectivity index (χ4n) is 3.68. The number of phenolic OH excluding ortho intramolecular Hbond substituents is 2. The molecule has 4 aromatic carbocycles. The molecule has 0 spiro atoms. The molecular weight excluding hydrogens is 378 g/mol. The normalized spacial score (nSPS) is 11.1. The monoisotopic (exact) mass is 395 g/mol. The van der Waals surface area contributed by atoms with E-state index in [9.17, 15) is 10.2 Å². The van der Waals surface area contributed by atoms with Gasteiger partial charge in [-0.15, -0.1) is 0 Å². The molecule has 5 rings (SSSR count). The molecule has 0 aliphatic carbocycles. The zero-order valence-electron chi connectivity index (χ0n) is 16.1. The minimum atomic E-state index is -0.128. The third-order valence-electron chi connectivity index (χ3n) is 5.04. The molecule has 2 N–H and O–H groups in total. The second-order valence-corrected chi connectivity index (χ2v) is 6.83. The largest absolute Gasteiger partial charge is 0.507 e. The highest BCUT2D eigenvalue weighted by molar-refractivity contribution is 6.11. The fourth-order valence-corrected chi connectivity index (χ4v) is 3.68. The van der Waals surface area contributed by atoms with Crippen molar-refractivity contribution in [2.75, 3.05) is 7.11 Å². The van der Waals surface area contributed by atoms with Gasteiger partial charge in [-0.1, -0.05) is 54.6 Å². The van der Waals surface area contributed by atoms with Gasteiger partial charge in [0.25, 0.3) is 0 Å². The molecule has 0 bridgehead atoms. The molecule has 6 heteroatoms. The van der Waals surface area contributed by atoms with E-state index in [2.05, 4.69) is 21.0 Å². The number of fused-ring (bicyclic) bond motifs is 2. The van der Waals surface area contributed by atoms with Gasteiger partial charge >= 0.3 is 6.01 Å². The molecule has 1 aromatic heterocycles. The van der Waals surface area contributed by atoms with Crippen molar-refractivity contribution in [1.29, 1.82) is 0 Å². The Morgan fingerprint density at radius 2 is 1.17 bits per heavy atom. The van der Waals surface area contributed by atoms with E-state index in [4.69, 9.17) is 4.74 Å². The number of aromatic hydroxyl groups is 2. The number of methoxy groups -OCH3 is 1. The van der Waals surface area contributed by atoms with Crippen LogP contribution in [0.2, 0.25) is 0 Å². The first-order chi connectivity index (χ1) is 14.7. The lowest BCUT2D eigenvalue weighted by Crippen LogP contribution is -2.01. The molecule has 0 saturated carbocycles. The van der Waals surface area contributed by atoms with E-state index in [1.807, 2.05) is 48.5 Å². The predicted molar refractivity (Wildman–Crippen MR) is 116 cm³/mol. The quantitative estimate of drug-likeness (QED) is 0.421. The number of ether oxygens (including phenoxy) is 1. The first-order valence-corrected chi connectivity index (χ1v) is 9.38. The zero-order chi connectivity index (χ0) is 20.7. The molecule has 0 fully saturated rings. The van der Waals surface area contributed by atoms with Gasteiger partial charge in [-0.25, -0.2) is 4.98 Å². The molecule has 0 aliphatic rings. The van der Waals surface area contributed by atoms with Gasteiger partial charge < -0.3 is 14.9 Å². The molecule has 0 atom stereocenters.